The van der Waals surface area contributed by atoms with E-state index in [4.69, 9.17) is 0 Å². The molecule has 0 aliphatic rings. The molecule has 0 fully saturated rings. The summed E-state index contributed by atoms with van der Waals surface area (Å²) in [6, 6.07) is 0. The number of unbranched alkanes of at least 4 members (excludes halogenated alkanes) is 3. The van der Waals surface area contributed by atoms with Crippen LogP contribution in [-0.4, -0.2) is 99.8 Å². The molecule has 0 atom stereocenters. The van der Waals surface area contributed by atoms with Gasteiger partial charge in [-0.1, -0.05) is 52.2 Å². The number of nitrogens with zero attached hydrogens (tertiary/aromatic N) is 2. The highest BCUT2D eigenvalue weighted by atomic mass is 32.2. The highest BCUT2D eigenvalue weighted by molar-refractivity contribution is 7.85. The van der Waals surface area contributed by atoms with Crippen LogP contribution in [0.4, 0.5) is 0 Å². The molecule has 0 aromatic carbocycles. The fraction of sp³-hybridized carbons (Fsp3) is 0.857. The summed E-state index contributed by atoms with van der Waals surface area (Å²) in [5.41, 5.74) is 0. The molecule has 0 N–H and O–H groups in total. The fourth-order valence-corrected chi connectivity index (χ4v) is 3.99. The average Bonchev–Trinajstić information content (AvgIpc) is 2.87. The van der Waals surface area contributed by atoms with Crippen LogP contribution >= 0.6 is 0 Å². The van der Waals surface area contributed by atoms with Crippen LogP contribution in [0.1, 0.15) is 92.9 Å². The van der Waals surface area contributed by atoms with Crippen LogP contribution in [0.2, 0.25) is 0 Å². The molecule has 0 aromatic heterocycles. The first-order valence-electron chi connectivity index (χ1n) is 14.2. The van der Waals surface area contributed by atoms with Gasteiger partial charge in [-0.2, -0.15) is 0 Å². The topological polar surface area (TPSA) is 114 Å². The van der Waals surface area contributed by atoms with Gasteiger partial charge >= 0.3 is 0 Å². The van der Waals surface area contributed by atoms with E-state index in [0.717, 1.165) is 0 Å². The van der Waals surface area contributed by atoms with E-state index in [9.17, 15) is 25.9 Å². The zero-order valence-electron chi connectivity index (χ0n) is 26.0. The second kappa shape index (κ2) is 26.4. The van der Waals surface area contributed by atoms with Crippen molar-refractivity contribution in [1.82, 2.24) is 0 Å². The molecule has 0 spiro atoms. The Balaban J connectivity index is -0.000000211. The zero-order valence-corrected chi connectivity index (χ0v) is 27.7. The van der Waals surface area contributed by atoms with Gasteiger partial charge in [0.15, 0.2) is 0 Å². The maximum absolute atomic E-state index is 9.79. The van der Waals surface area contributed by atoms with E-state index in [1.165, 1.54) is 98.9 Å². The van der Waals surface area contributed by atoms with Gasteiger partial charge in [0, 0.05) is 11.5 Å². The average molecular weight is 587 g/mol. The minimum absolute atomic E-state index is 0.242. The summed E-state index contributed by atoms with van der Waals surface area (Å²) >= 11 is 0. The van der Waals surface area contributed by atoms with Crippen molar-refractivity contribution in [3.63, 3.8) is 0 Å². The lowest BCUT2D eigenvalue weighted by atomic mass is 10.2. The molecule has 10 heteroatoms. The number of rotatable bonds is 18. The molecular formula is C28H62N2O6S2. The molecule has 0 amide bonds. The molecule has 0 rings (SSSR count). The van der Waals surface area contributed by atoms with Crippen molar-refractivity contribution < 1.29 is 34.9 Å². The van der Waals surface area contributed by atoms with E-state index in [1.54, 1.807) is 0 Å². The summed E-state index contributed by atoms with van der Waals surface area (Å²) < 4.78 is 61.2. The lowest BCUT2D eigenvalue weighted by Crippen LogP contribution is -2.46. The van der Waals surface area contributed by atoms with Crippen LogP contribution < -0.4 is 0 Å². The van der Waals surface area contributed by atoms with E-state index in [1.807, 2.05) is 0 Å². The van der Waals surface area contributed by atoms with Crippen LogP contribution in [0.3, 0.4) is 0 Å². The van der Waals surface area contributed by atoms with Gasteiger partial charge in [0.1, 0.15) is 0 Å². The highest BCUT2D eigenvalue weighted by Crippen LogP contribution is 2.10. The zero-order chi connectivity index (χ0) is 30.7. The first-order valence-corrected chi connectivity index (χ1v) is 17.4. The lowest BCUT2D eigenvalue weighted by Gasteiger charge is -2.34. The van der Waals surface area contributed by atoms with E-state index in [2.05, 4.69) is 68.8 Å². The second-order valence-corrected chi connectivity index (χ2v) is 13.1. The van der Waals surface area contributed by atoms with E-state index < -0.39 is 20.2 Å². The van der Waals surface area contributed by atoms with Gasteiger partial charge in [-0.05, 0) is 52.9 Å². The summed E-state index contributed by atoms with van der Waals surface area (Å²) in [6.07, 6.45) is 11.5. The Labute approximate surface area is 237 Å². The molecule has 0 saturated carbocycles. The summed E-state index contributed by atoms with van der Waals surface area (Å²) in [6.45, 7) is 28.1. The summed E-state index contributed by atoms with van der Waals surface area (Å²) in [5.74, 6) is -0.674. The maximum atomic E-state index is 9.79. The maximum Gasteiger partial charge on any atom is 0.0948 e. The number of quaternary nitrogens is 2. The molecule has 0 aliphatic heterocycles. The molecule has 8 nitrogen and oxygen atoms in total. The first-order chi connectivity index (χ1) is 17.5. The Morgan fingerprint density at radius 2 is 0.842 bits per heavy atom. The van der Waals surface area contributed by atoms with Crippen molar-refractivity contribution >= 4 is 20.2 Å². The largest absolute Gasteiger partial charge is 0.748 e. The predicted molar refractivity (Wildman–Crippen MR) is 162 cm³/mol. The van der Waals surface area contributed by atoms with Gasteiger partial charge < -0.3 is 18.1 Å². The van der Waals surface area contributed by atoms with Crippen LogP contribution in [-0.2, 0) is 20.2 Å². The summed E-state index contributed by atoms with van der Waals surface area (Å²) in [5, 5.41) is 0. The van der Waals surface area contributed by atoms with Gasteiger partial charge in [-0.25, -0.2) is 16.8 Å². The molecule has 0 saturated heterocycles. The number of hydrogen-bond donors (Lipinski definition) is 0. The Morgan fingerprint density at radius 1 is 0.579 bits per heavy atom. The van der Waals surface area contributed by atoms with Gasteiger partial charge in [-0.15, -0.1) is 13.2 Å². The van der Waals surface area contributed by atoms with Crippen molar-refractivity contribution in [1.29, 1.82) is 0 Å². The van der Waals surface area contributed by atoms with E-state index in [-0.39, 0.29) is 24.3 Å². The predicted octanol–water partition coefficient (Wildman–Crippen LogP) is 5.54. The monoisotopic (exact) mass is 586 g/mol. The van der Waals surface area contributed by atoms with Gasteiger partial charge in [0.25, 0.3) is 0 Å². The smallest absolute Gasteiger partial charge is 0.0948 e. The van der Waals surface area contributed by atoms with Crippen LogP contribution in [0.15, 0.2) is 25.3 Å². The van der Waals surface area contributed by atoms with Crippen LogP contribution in [0, 0.1) is 0 Å². The fourth-order valence-electron chi connectivity index (χ4n) is 3.08. The molecule has 0 bridgehead atoms. The molecule has 38 heavy (non-hydrogen) atoms. The third-order valence-corrected chi connectivity index (χ3v) is 8.06. The van der Waals surface area contributed by atoms with Crippen molar-refractivity contribution in [2.75, 3.05) is 64.9 Å². The summed E-state index contributed by atoms with van der Waals surface area (Å²) in [4.78, 5) is 0. The van der Waals surface area contributed by atoms with Gasteiger partial charge in [0.05, 0.1) is 73.6 Å². The first kappa shape index (κ1) is 44.2. The molecule has 0 heterocycles. The van der Waals surface area contributed by atoms with E-state index >= 15 is 0 Å². The van der Waals surface area contributed by atoms with Crippen molar-refractivity contribution in [2.45, 2.75) is 92.9 Å². The molecular weight excluding hydrogens is 524 g/mol. The standard InChI is InChI=1S/C13H30N.C7H18N.2C4H8O3S/c1-5-8-11-14(4,12-9-6-2)13-10-7-3;1-5-8(4,6-2)7-3;2*1-2-3-4-8(5,6)7/h5-13H2,1-4H3;5-7H2,1-4H3;2*2H,1,3-4H2,(H,5,6,7)/q2*+1;;/p-2. The number of allylic oxidation sites excluding steroid dienone is 2. The normalized spacial score (nSPS) is 11.6. The van der Waals surface area contributed by atoms with Gasteiger partial charge in [-0.3, -0.25) is 0 Å². The van der Waals surface area contributed by atoms with Crippen LogP contribution in [0.5, 0.6) is 0 Å². The SMILES string of the molecule is C=CCCS(=O)(=O)[O-].C=CCCS(=O)(=O)[O-].CCCC[N+](C)(CCCC)CCCC.CC[N+](C)(CC)CC. The van der Waals surface area contributed by atoms with Crippen molar-refractivity contribution in [2.24, 2.45) is 0 Å². The molecule has 0 radical (unpaired) electrons. The Morgan fingerprint density at radius 3 is 0.947 bits per heavy atom. The minimum atomic E-state index is -4.01. The van der Waals surface area contributed by atoms with Crippen molar-refractivity contribution in [3.05, 3.63) is 25.3 Å². The molecule has 0 unspecified atom stereocenters. The van der Waals surface area contributed by atoms with E-state index in [0.29, 0.717) is 0 Å². The minimum Gasteiger partial charge on any atom is -0.748 e. The second-order valence-electron chi connectivity index (χ2n) is 10.1. The highest BCUT2D eigenvalue weighted by Gasteiger charge is 2.18. The number of hydrogen-bond acceptors (Lipinski definition) is 6. The lowest BCUT2D eigenvalue weighted by molar-refractivity contribution is -0.910. The summed E-state index contributed by atoms with van der Waals surface area (Å²) in [7, 11) is -3.28. The Kier molecular flexibility index (Phi) is 30.8. The molecule has 0 aliphatic carbocycles. The van der Waals surface area contributed by atoms with Crippen LogP contribution in [0.25, 0.3) is 0 Å². The van der Waals surface area contributed by atoms with Gasteiger partial charge in [0.2, 0.25) is 0 Å². The third kappa shape index (κ3) is 37.4. The Hall–Kier alpha value is -0.780. The van der Waals surface area contributed by atoms with Crippen molar-refractivity contribution in [3.8, 4) is 0 Å². The molecule has 232 valence electrons. The quantitative estimate of drug-likeness (QED) is 0.118. The molecule has 0 aromatic rings. The Bertz CT molecular complexity index is 679. The third-order valence-electron chi connectivity index (χ3n) is 6.59.